The fourth-order valence-electron chi connectivity index (χ4n) is 3.88. The fourth-order valence-corrected chi connectivity index (χ4v) is 3.88. The van der Waals surface area contributed by atoms with Gasteiger partial charge in [-0.2, -0.15) is 0 Å². The van der Waals surface area contributed by atoms with Gasteiger partial charge in [-0.25, -0.2) is 0 Å². The molecule has 31 heavy (non-hydrogen) atoms. The third-order valence-corrected chi connectivity index (χ3v) is 5.46. The average Bonchev–Trinajstić information content (AvgIpc) is 3.06. The minimum atomic E-state index is -0.304. The monoisotopic (exact) mass is 422 g/mol. The molecule has 162 valence electrons. The zero-order valence-electron chi connectivity index (χ0n) is 18.0. The molecule has 8 nitrogen and oxygen atoms in total. The van der Waals surface area contributed by atoms with Gasteiger partial charge in [0.2, 0.25) is 5.75 Å². The van der Waals surface area contributed by atoms with Gasteiger partial charge in [-0.3, -0.25) is 4.79 Å². The molecule has 0 fully saturated rings. The standard InChI is InChI=1S/C23H26N4O4/c1-29-18-13-12-17(20(30-2)21(18)31-3)23(28)24-16-10-8-15(9-11-16)22-26-25-19-7-5-4-6-14-27(19)22/h8-13H,4-7,14H2,1-3H3,(H,24,28). The van der Waals surface area contributed by atoms with Gasteiger partial charge in [0.25, 0.3) is 5.91 Å². The highest BCUT2D eigenvalue weighted by Gasteiger charge is 2.21. The Morgan fingerprint density at radius 1 is 0.903 bits per heavy atom. The van der Waals surface area contributed by atoms with Crippen molar-refractivity contribution in [3.63, 3.8) is 0 Å². The van der Waals surface area contributed by atoms with Crippen molar-refractivity contribution in [2.75, 3.05) is 26.6 Å². The summed E-state index contributed by atoms with van der Waals surface area (Å²) >= 11 is 0. The smallest absolute Gasteiger partial charge is 0.259 e. The molecule has 0 saturated carbocycles. The number of nitrogens with one attached hydrogen (secondary N) is 1. The summed E-state index contributed by atoms with van der Waals surface area (Å²) in [5, 5.41) is 11.7. The van der Waals surface area contributed by atoms with Crippen LogP contribution < -0.4 is 19.5 Å². The predicted molar refractivity (Wildman–Crippen MR) is 117 cm³/mol. The van der Waals surface area contributed by atoms with Crippen LogP contribution >= 0.6 is 0 Å². The molecule has 8 heteroatoms. The van der Waals surface area contributed by atoms with Gasteiger partial charge < -0.3 is 24.1 Å². The van der Waals surface area contributed by atoms with E-state index in [-0.39, 0.29) is 5.91 Å². The molecule has 2 aromatic carbocycles. The number of anilines is 1. The third kappa shape index (κ3) is 4.05. The number of benzene rings is 2. The van der Waals surface area contributed by atoms with E-state index in [1.165, 1.54) is 27.8 Å². The van der Waals surface area contributed by atoms with Crippen molar-refractivity contribution >= 4 is 11.6 Å². The third-order valence-electron chi connectivity index (χ3n) is 5.46. The zero-order chi connectivity index (χ0) is 21.8. The van der Waals surface area contributed by atoms with Gasteiger partial charge in [-0.15, -0.1) is 10.2 Å². The van der Waals surface area contributed by atoms with Crippen LogP contribution in [0.3, 0.4) is 0 Å². The molecule has 2 heterocycles. The van der Waals surface area contributed by atoms with Gasteiger partial charge in [0.15, 0.2) is 17.3 Å². The van der Waals surface area contributed by atoms with Gasteiger partial charge in [0.05, 0.1) is 26.9 Å². The highest BCUT2D eigenvalue weighted by atomic mass is 16.5. The first kappa shape index (κ1) is 20.7. The van der Waals surface area contributed by atoms with E-state index in [4.69, 9.17) is 14.2 Å². The topological polar surface area (TPSA) is 87.5 Å². The number of hydrogen-bond acceptors (Lipinski definition) is 6. The van der Waals surface area contributed by atoms with E-state index in [1.54, 1.807) is 12.1 Å². The molecular weight excluding hydrogens is 396 g/mol. The number of carbonyl (C=O) groups is 1. The summed E-state index contributed by atoms with van der Waals surface area (Å²) in [6, 6.07) is 10.9. The summed E-state index contributed by atoms with van der Waals surface area (Å²) in [4.78, 5) is 12.9. The minimum absolute atomic E-state index is 0.304. The molecule has 1 aliphatic heterocycles. The van der Waals surface area contributed by atoms with Crippen molar-refractivity contribution in [3.8, 4) is 28.6 Å². The number of aromatic nitrogens is 3. The number of ether oxygens (including phenoxy) is 3. The number of nitrogens with zero attached hydrogens (tertiary/aromatic N) is 3. The van der Waals surface area contributed by atoms with Crippen LogP contribution in [0.25, 0.3) is 11.4 Å². The van der Waals surface area contributed by atoms with Crippen LogP contribution in [0, 0.1) is 0 Å². The highest BCUT2D eigenvalue weighted by Crippen LogP contribution is 2.40. The molecule has 1 aliphatic rings. The number of rotatable bonds is 6. The van der Waals surface area contributed by atoms with Crippen LogP contribution in [-0.4, -0.2) is 42.0 Å². The summed E-state index contributed by atoms with van der Waals surface area (Å²) in [5.74, 6) is 2.80. The minimum Gasteiger partial charge on any atom is -0.493 e. The van der Waals surface area contributed by atoms with Gasteiger partial charge in [0.1, 0.15) is 5.82 Å². The molecule has 1 amide bonds. The molecule has 0 unspecified atom stereocenters. The van der Waals surface area contributed by atoms with E-state index >= 15 is 0 Å². The van der Waals surface area contributed by atoms with E-state index < -0.39 is 0 Å². The molecule has 0 atom stereocenters. The van der Waals surface area contributed by atoms with Crippen molar-refractivity contribution in [2.24, 2.45) is 0 Å². The Morgan fingerprint density at radius 3 is 2.39 bits per heavy atom. The average molecular weight is 422 g/mol. The number of methoxy groups -OCH3 is 3. The first-order valence-electron chi connectivity index (χ1n) is 10.3. The number of fused-ring (bicyclic) bond motifs is 1. The molecule has 4 rings (SSSR count). The quantitative estimate of drug-likeness (QED) is 0.647. The molecule has 0 radical (unpaired) electrons. The Hall–Kier alpha value is -3.55. The van der Waals surface area contributed by atoms with Gasteiger partial charge in [-0.05, 0) is 49.2 Å². The summed E-state index contributed by atoms with van der Waals surface area (Å²) < 4.78 is 18.3. The van der Waals surface area contributed by atoms with Crippen LogP contribution in [0.5, 0.6) is 17.2 Å². The molecular formula is C23H26N4O4. The highest BCUT2D eigenvalue weighted by molar-refractivity contribution is 6.07. The Balaban J connectivity index is 1.55. The lowest BCUT2D eigenvalue weighted by atomic mass is 10.1. The zero-order valence-corrected chi connectivity index (χ0v) is 18.0. The Morgan fingerprint density at radius 2 is 1.68 bits per heavy atom. The van der Waals surface area contributed by atoms with E-state index in [0.717, 1.165) is 43.0 Å². The maximum atomic E-state index is 12.9. The molecule has 3 aromatic rings. The van der Waals surface area contributed by atoms with Crippen LogP contribution in [0.1, 0.15) is 35.4 Å². The van der Waals surface area contributed by atoms with E-state index in [0.29, 0.717) is 28.5 Å². The van der Waals surface area contributed by atoms with Crippen LogP contribution in [0.15, 0.2) is 36.4 Å². The molecule has 0 spiro atoms. The second-order valence-electron chi connectivity index (χ2n) is 7.32. The lowest BCUT2D eigenvalue weighted by Crippen LogP contribution is -2.14. The maximum Gasteiger partial charge on any atom is 0.259 e. The molecule has 1 aromatic heterocycles. The second kappa shape index (κ2) is 9.07. The summed E-state index contributed by atoms with van der Waals surface area (Å²) in [7, 11) is 4.53. The van der Waals surface area contributed by atoms with Gasteiger partial charge in [0, 0.05) is 24.2 Å². The second-order valence-corrected chi connectivity index (χ2v) is 7.32. The first-order valence-corrected chi connectivity index (χ1v) is 10.3. The normalized spacial score (nSPS) is 13.1. The number of amides is 1. The van der Waals surface area contributed by atoms with Gasteiger partial charge in [-0.1, -0.05) is 6.42 Å². The molecule has 1 N–H and O–H groups in total. The van der Waals surface area contributed by atoms with Crippen LogP contribution in [-0.2, 0) is 13.0 Å². The van der Waals surface area contributed by atoms with E-state index in [2.05, 4.69) is 20.1 Å². The lowest BCUT2D eigenvalue weighted by molar-refractivity contribution is 0.102. The van der Waals surface area contributed by atoms with Crippen molar-refractivity contribution < 1.29 is 19.0 Å². The Kier molecular flexibility index (Phi) is 6.06. The van der Waals surface area contributed by atoms with Crippen LogP contribution in [0.2, 0.25) is 0 Å². The number of hydrogen-bond donors (Lipinski definition) is 1. The molecule has 0 aliphatic carbocycles. The van der Waals surface area contributed by atoms with E-state index in [1.807, 2.05) is 24.3 Å². The maximum absolute atomic E-state index is 12.9. The molecule has 0 bridgehead atoms. The van der Waals surface area contributed by atoms with Crippen molar-refractivity contribution in [1.29, 1.82) is 0 Å². The number of carbonyl (C=O) groups excluding carboxylic acids is 1. The predicted octanol–water partition coefficient (Wildman–Crippen LogP) is 3.95. The summed E-state index contributed by atoms with van der Waals surface area (Å²) in [6.07, 6.45) is 4.48. The fraction of sp³-hybridized carbons (Fsp3) is 0.348. The first-order chi connectivity index (χ1) is 15.2. The van der Waals surface area contributed by atoms with Crippen LogP contribution in [0.4, 0.5) is 5.69 Å². The van der Waals surface area contributed by atoms with Crippen molar-refractivity contribution in [2.45, 2.75) is 32.2 Å². The summed E-state index contributed by atoms with van der Waals surface area (Å²) in [5.41, 5.74) is 2.00. The van der Waals surface area contributed by atoms with Crippen molar-refractivity contribution in [3.05, 3.63) is 47.8 Å². The summed E-state index contributed by atoms with van der Waals surface area (Å²) in [6.45, 7) is 0.940. The Bertz CT molecular complexity index is 1080. The SMILES string of the molecule is COc1ccc(C(=O)Nc2ccc(-c3nnc4n3CCCCC4)cc2)c(OC)c1OC. The van der Waals surface area contributed by atoms with Gasteiger partial charge >= 0.3 is 0 Å². The molecule has 0 saturated heterocycles. The Labute approximate surface area is 181 Å². The lowest BCUT2D eigenvalue weighted by Gasteiger charge is -2.15. The number of aryl methyl sites for hydroxylation is 1. The largest absolute Gasteiger partial charge is 0.493 e. The van der Waals surface area contributed by atoms with Crippen molar-refractivity contribution in [1.82, 2.24) is 14.8 Å². The van der Waals surface area contributed by atoms with E-state index in [9.17, 15) is 4.79 Å².